The van der Waals surface area contributed by atoms with Crippen molar-refractivity contribution in [3.8, 4) is 17.2 Å². The number of aliphatic hydroxyl groups is 1. The van der Waals surface area contributed by atoms with Crippen molar-refractivity contribution in [2.75, 3.05) is 6.61 Å². The summed E-state index contributed by atoms with van der Waals surface area (Å²) in [5, 5.41) is 9.08. The predicted molar refractivity (Wildman–Crippen MR) is 70.0 cm³/mol. The van der Waals surface area contributed by atoms with E-state index in [1.54, 1.807) is 6.92 Å². The van der Waals surface area contributed by atoms with Gasteiger partial charge in [-0.25, -0.2) is 8.78 Å². The van der Waals surface area contributed by atoms with Gasteiger partial charge < -0.3 is 14.6 Å². The van der Waals surface area contributed by atoms with Gasteiger partial charge in [-0.05, 0) is 43.3 Å². The van der Waals surface area contributed by atoms with Gasteiger partial charge in [-0.2, -0.15) is 0 Å². The number of rotatable bonds is 5. The van der Waals surface area contributed by atoms with Crippen LogP contribution in [-0.2, 0) is 0 Å². The minimum absolute atomic E-state index is 0.0148. The van der Waals surface area contributed by atoms with E-state index in [1.807, 2.05) is 0 Å². The first-order chi connectivity index (χ1) is 9.54. The molecule has 2 aromatic carbocycles. The SMILES string of the molecule is CC(O)COc1ccc(Oc2ccc(F)cc2)c(F)c1. The minimum atomic E-state index is -0.631. The Morgan fingerprint density at radius 1 is 1.05 bits per heavy atom. The van der Waals surface area contributed by atoms with Crippen LogP contribution in [0.25, 0.3) is 0 Å². The molecule has 5 heteroatoms. The van der Waals surface area contributed by atoms with Crippen LogP contribution in [0, 0.1) is 11.6 Å². The summed E-state index contributed by atoms with van der Waals surface area (Å²) in [6.45, 7) is 1.65. The predicted octanol–water partition coefficient (Wildman–Crippen LogP) is 3.52. The smallest absolute Gasteiger partial charge is 0.169 e. The van der Waals surface area contributed by atoms with Gasteiger partial charge >= 0.3 is 0 Å². The molecule has 3 nitrogen and oxygen atoms in total. The maximum atomic E-state index is 13.8. The molecular weight excluding hydrogens is 266 g/mol. The van der Waals surface area contributed by atoms with Crippen molar-refractivity contribution in [1.82, 2.24) is 0 Å². The van der Waals surface area contributed by atoms with Gasteiger partial charge in [-0.3, -0.25) is 0 Å². The summed E-state index contributed by atoms with van der Waals surface area (Å²) in [5.74, 6) is -0.337. The molecule has 2 aromatic rings. The van der Waals surface area contributed by atoms with E-state index < -0.39 is 11.9 Å². The number of benzene rings is 2. The summed E-state index contributed by atoms with van der Waals surface area (Å²) >= 11 is 0. The molecule has 0 aromatic heterocycles. The second-order valence-corrected chi connectivity index (χ2v) is 4.31. The summed E-state index contributed by atoms with van der Waals surface area (Å²) in [5.41, 5.74) is 0. The molecule has 0 saturated heterocycles. The molecule has 1 atom stereocenters. The van der Waals surface area contributed by atoms with Gasteiger partial charge in [-0.15, -0.1) is 0 Å². The zero-order valence-electron chi connectivity index (χ0n) is 10.8. The van der Waals surface area contributed by atoms with Crippen LogP contribution in [0.3, 0.4) is 0 Å². The van der Waals surface area contributed by atoms with Crippen LogP contribution >= 0.6 is 0 Å². The Bertz CT molecular complexity index is 568. The lowest BCUT2D eigenvalue weighted by molar-refractivity contribution is 0.122. The first kappa shape index (κ1) is 14.3. The molecular formula is C15H14F2O3. The zero-order chi connectivity index (χ0) is 14.5. The lowest BCUT2D eigenvalue weighted by atomic mass is 10.3. The standard InChI is InChI=1S/C15H14F2O3/c1-10(18)9-19-13-6-7-15(14(17)8-13)20-12-4-2-11(16)3-5-12/h2-8,10,18H,9H2,1H3. The van der Waals surface area contributed by atoms with Crippen molar-refractivity contribution in [2.24, 2.45) is 0 Å². The Morgan fingerprint density at radius 3 is 2.30 bits per heavy atom. The van der Waals surface area contributed by atoms with Gasteiger partial charge in [0.15, 0.2) is 11.6 Å². The van der Waals surface area contributed by atoms with Crippen LogP contribution in [0.2, 0.25) is 0 Å². The van der Waals surface area contributed by atoms with E-state index in [0.717, 1.165) is 0 Å². The topological polar surface area (TPSA) is 38.7 Å². The van der Waals surface area contributed by atoms with Gasteiger partial charge in [0, 0.05) is 6.07 Å². The Balaban J connectivity index is 2.07. The molecule has 0 aliphatic rings. The third kappa shape index (κ3) is 3.93. The summed E-state index contributed by atoms with van der Waals surface area (Å²) in [6.07, 6.45) is -0.631. The van der Waals surface area contributed by atoms with Crippen molar-refractivity contribution >= 4 is 0 Å². The summed E-state index contributed by atoms with van der Waals surface area (Å²) in [4.78, 5) is 0. The second-order valence-electron chi connectivity index (χ2n) is 4.31. The second kappa shape index (κ2) is 6.34. The monoisotopic (exact) mass is 280 g/mol. The fourth-order valence-electron chi connectivity index (χ4n) is 1.50. The Kier molecular flexibility index (Phi) is 4.53. The van der Waals surface area contributed by atoms with Crippen molar-refractivity contribution in [3.05, 3.63) is 54.1 Å². The van der Waals surface area contributed by atoms with Gasteiger partial charge in [-0.1, -0.05) is 0 Å². The van der Waals surface area contributed by atoms with Crippen molar-refractivity contribution < 1.29 is 23.4 Å². The normalized spacial score (nSPS) is 12.0. The van der Waals surface area contributed by atoms with E-state index in [0.29, 0.717) is 11.5 Å². The van der Waals surface area contributed by atoms with E-state index in [2.05, 4.69) is 0 Å². The highest BCUT2D eigenvalue weighted by molar-refractivity contribution is 5.36. The highest BCUT2D eigenvalue weighted by Gasteiger charge is 2.08. The van der Waals surface area contributed by atoms with E-state index in [4.69, 9.17) is 14.6 Å². The Morgan fingerprint density at radius 2 is 1.70 bits per heavy atom. The third-order valence-corrected chi connectivity index (χ3v) is 2.44. The third-order valence-electron chi connectivity index (χ3n) is 2.44. The van der Waals surface area contributed by atoms with Crippen LogP contribution in [0.5, 0.6) is 17.2 Å². The number of ether oxygens (including phenoxy) is 2. The van der Waals surface area contributed by atoms with Crippen LogP contribution in [0.4, 0.5) is 8.78 Å². The molecule has 0 fully saturated rings. The lowest BCUT2D eigenvalue weighted by Crippen LogP contribution is -2.12. The van der Waals surface area contributed by atoms with Crippen molar-refractivity contribution in [2.45, 2.75) is 13.0 Å². The van der Waals surface area contributed by atoms with E-state index >= 15 is 0 Å². The number of aliphatic hydroxyl groups excluding tert-OH is 1. The molecule has 1 N–H and O–H groups in total. The van der Waals surface area contributed by atoms with Crippen LogP contribution in [0.1, 0.15) is 6.92 Å². The lowest BCUT2D eigenvalue weighted by Gasteiger charge is -2.10. The van der Waals surface area contributed by atoms with Crippen LogP contribution < -0.4 is 9.47 Å². The van der Waals surface area contributed by atoms with Gasteiger partial charge in [0.05, 0.1) is 6.10 Å². The molecule has 2 rings (SSSR count). The average molecular weight is 280 g/mol. The highest BCUT2D eigenvalue weighted by atomic mass is 19.1. The molecule has 1 unspecified atom stereocenters. The first-order valence-electron chi connectivity index (χ1n) is 6.08. The minimum Gasteiger partial charge on any atom is -0.491 e. The average Bonchev–Trinajstić information content (AvgIpc) is 2.41. The Labute approximate surface area is 115 Å². The fraction of sp³-hybridized carbons (Fsp3) is 0.200. The quantitative estimate of drug-likeness (QED) is 0.910. The van der Waals surface area contributed by atoms with Crippen LogP contribution in [0.15, 0.2) is 42.5 Å². The molecule has 0 amide bonds. The van der Waals surface area contributed by atoms with E-state index in [1.165, 1.54) is 42.5 Å². The first-order valence-corrected chi connectivity index (χ1v) is 6.08. The highest BCUT2D eigenvalue weighted by Crippen LogP contribution is 2.27. The molecule has 0 aliphatic heterocycles. The molecule has 0 bridgehead atoms. The van der Waals surface area contributed by atoms with Crippen molar-refractivity contribution in [3.63, 3.8) is 0 Å². The van der Waals surface area contributed by atoms with Crippen LogP contribution in [-0.4, -0.2) is 17.8 Å². The summed E-state index contributed by atoms with van der Waals surface area (Å²) in [6, 6.07) is 9.39. The van der Waals surface area contributed by atoms with Crippen molar-refractivity contribution in [1.29, 1.82) is 0 Å². The van der Waals surface area contributed by atoms with E-state index in [9.17, 15) is 8.78 Å². The van der Waals surface area contributed by atoms with Gasteiger partial charge in [0.2, 0.25) is 0 Å². The zero-order valence-corrected chi connectivity index (χ0v) is 10.8. The van der Waals surface area contributed by atoms with Gasteiger partial charge in [0.1, 0.15) is 23.9 Å². The number of halogens is 2. The maximum absolute atomic E-state index is 13.8. The molecule has 0 saturated carbocycles. The molecule has 20 heavy (non-hydrogen) atoms. The van der Waals surface area contributed by atoms with Gasteiger partial charge in [0.25, 0.3) is 0 Å². The maximum Gasteiger partial charge on any atom is 0.169 e. The number of hydrogen-bond donors (Lipinski definition) is 1. The Hall–Kier alpha value is -2.14. The fourth-order valence-corrected chi connectivity index (χ4v) is 1.50. The largest absolute Gasteiger partial charge is 0.491 e. The summed E-state index contributed by atoms with van der Waals surface area (Å²) < 4.78 is 37.0. The molecule has 0 spiro atoms. The summed E-state index contributed by atoms with van der Waals surface area (Å²) in [7, 11) is 0. The number of hydrogen-bond acceptors (Lipinski definition) is 3. The van der Waals surface area contributed by atoms with E-state index in [-0.39, 0.29) is 18.2 Å². The molecule has 0 radical (unpaired) electrons. The molecule has 0 heterocycles. The molecule has 106 valence electrons. The molecule has 0 aliphatic carbocycles.